The maximum Gasteiger partial charge on any atom is 0.263 e. The molecule has 1 fully saturated rings. The van der Waals surface area contributed by atoms with Gasteiger partial charge in [0.2, 0.25) is 0 Å². The van der Waals surface area contributed by atoms with Crippen LogP contribution in [0, 0.1) is 0 Å². The van der Waals surface area contributed by atoms with Gasteiger partial charge >= 0.3 is 0 Å². The zero-order chi connectivity index (χ0) is 16.6. The topological polar surface area (TPSA) is 71.3 Å². The third kappa shape index (κ3) is 3.44. The summed E-state index contributed by atoms with van der Waals surface area (Å²) in [6.07, 6.45) is 2.83. The number of carbonyl (C=O) groups is 2. The highest BCUT2D eigenvalue weighted by Crippen LogP contribution is 2.29. The highest BCUT2D eigenvalue weighted by Gasteiger charge is 2.25. The van der Waals surface area contributed by atoms with E-state index in [2.05, 4.69) is 10.6 Å². The van der Waals surface area contributed by atoms with E-state index in [1.807, 2.05) is 0 Å². The van der Waals surface area contributed by atoms with Crippen molar-refractivity contribution in [2.24, 2.45) is 0 Å². The summed E-state index contributed by atoms with van der Waals surface area (Å²) in [6, 6.07) is 6.67. The van der Waals surface area contributed by atoms with Gasteiger partial charge in [0.15, 0.2) is 5.11 Å². The summed E-state index contributed by atoms with van der Waals surface area (Å²) in [4.78, 5) is 23.6. The third-order valence-electron chi connectivity index (χ3n) is 3.02. The fourth-order valence-corrected chi connectivity index (χ4v) is 2.76. The normalized spacial score (nSPS) is 14.5. The third-order valence-corrected chi connectivity index (χ3v) is 3.66. The van der Waals surface area contributed by atoms with Crippen LogP contribution in [0.5, 0.6) is 0 Å². The largest absolute Gasteiger partial charge is 0.464 e. The number of nitrogens with one attached hydrogen (secondary N) is 2. The fraction of sp³-hybridized carbons (Fsp3) is 0. The van der Waals surface area contributed by atoms with Crippen molar-refractivity contribution in [3.8, 4) is 11.3 Å². The lowest BCUT2D eigenvalue weighted by molar-refractivity contribution is -0.123. The van der Waals surface area contributed by atoms with Gasteiger partial charge < -0.3 is 4.42 Å². The minimum atomic E-state index is -0.563. The monoisotopic (exact) mass is 366 g/mol. The molecule has 1 saturated heterocycles. The maximum atomic E-state index is 11.8. The van der Waals surface area contributed by atoms with E-state index in [1.54, 1.807) is 24.3 Å². The first kappa shape index (κ1) is 15.7. The molecule has 1 aromatic heterocycles. The first-order valence-electron chi connectivity index (χ1n) is 6.36. The summed E-state index contributed by atoms with van der Waals surface area (Å²) in [5.74, 6) is -0.618. The molecule has 1 aromatic carbocycles. The van der Waals surface area contributed by atoms with E-state index in [0.29, 0.717) is 26.9 Å². The number of benzene rings is 1. The molecular formula is C15H8Cl2N2O3S. The summed E-state index contributed by atoms with van der Waals surface area (Å²) < 4.78 is 5.44. The van der Waals surface area contributed by atoms with Crippen LogP contribution in [0.25, 0.3) is 17.4 Å². The summed E-state index contributed by atoms with van der Waals surface area (Å²) in [6.45, 7) is 0. The molecule has 0 spiro atoms. The number of hydrogen-bond donors (Lipinski definition) is 2. The number of halogens is 2. The molecule has 0 atom stereocenters. The Hall–Kier alpha value is -2.15. The molecule has 0 aliphatic carbocycles. The first-order chi connectivity index (χ1) is 10.9. The number of furan rings is 1. The number of amides is 2. The summed E-state index contributed by atoms with van der Waals surface area (Å²) in [7, 11) is 0. The molecule has 0 bridgehead atoms. The average molecular weight is 367 g/mol. The van der Waals surface area contributed by atoms with E-state index >= 15 is 0 Å². The van der Waals surface area contributed by atoms with Gasteiger partial charge in [-0.3, -0.25) is 20.2 Å². The van der Waals surface area contributed by atoms with E-state index in [4.69, 9.17) is 39.8 Å². The number of carbonyl (C=O) groups excluding carboxylic acids is 2. The summed E-state index contributed by atoms with van der Waals surface area (Å²) in [5, 5.41) is 5.66. The molecule has 23 heavy (non-hydrogen) atoms. The Bertz CT molecular complexity index is 831. The summed E-state index contributed by atoms with van der Waals surface area (Å²) in [5.41, 5.74) is 1.17. The minimum absolute atomic E-state index is 0.0152. The van der Waals surface area contributed by atoms with Crippen molar-refractivity contribution in [3.05, 3.63) is 51.7 Å². The SMILES string of the molecule is O=C1NC(=S)NC(=O)C1=Cc1coc(-c2cc(Cl)cc(Cl)c2)c1. The lowest BCUT2D eigenvalue weighted by Crippen LogP contribution is -2.51. The zero-order valence-electron chi connectivity index (χ0n) is 11.4. The molecule has 0 saturated carbocycles. The van der Waals surface area contributed by atoms with Crippen molar-refractivity contribution in [1.82, 2.24) is 10.6 Å². The fourth-order valence-electron chi connectivity index (χ4n) is 2.05. The van der Waals surface area contributed by atoms with Crippen molar-refractivity contribution in [2.45, 2.75) is 0 Å². The van der Waals surface area contributed by atoms with E-state index in [-0.39, 0.29) is 10.7 Å². The van der Waals surface area contributed by atoms with Crippen molar-refractivity contribution < 1.29 is 14.0 Å². The Morgan fingerprint density at radius 1 is 1.00 bits per heavy atom. The lowest BCUT2D eigenvalue weighted by atomic mass is 10.1. The Balaban J connectivity index is 1.93. The second-order valence-corrected chi connectivity index (χ2v) is 5.98. The average Bonchev–Trinajstić information content (AvgIpc) is 2.90. The lowest BCUT2D eigenvalue weighted by Gasteiger charge is -2.15. The molecule has 116 valence electrons. The molecule has 2 aromatic rings. The number of rotatable bonds is 2. The van der Waals surface area contributed by atoms with E-state index in [1.165, 1.54) is 12.3 Å². The molecular weight excluding hydrogens is 359 g/mol. The smallest absolute Gasteiger partial charge is 0.263 e. The van der Waals surface area contributed by atoms with Gasteiger partial charge in [-0.15, -0.1) is 0 Å². The van der Waals surface area contributed by atoms with Gasteiger partial charge in [-0.1, -0.05) is 23.2 Å². The Morgan fingerprint density at radius 3 is 2.22 bits per heavy atom. The highest BCUT2D eigenvalue weighted by molar-refractivity contribution is 7.80. The van der Waals surface area contributed by atoms with Crippen LogP contribution in [0.15, 0.2) is 40.5 Å². The maximum absolute atomic E-state index is 11.8. The van der Waals surface area contributed by atoms with Gasteiger partial charge in [-0.05, 0) is 42.6 Å². The van der Waals surface area contributed by atoms with E-state index < -0.39 is 11.8 Å². The van der Waals surface area contributed by atoms with Crippen molar-refractivity contribution in [1.29, 1.82) is 0 Å². The molecule has 1 aliphatic heterocycles. The molecule has 0 unspecified atom stereocenters. The van der Waals surface area contributed by atoms with Gasteiger partial charge in [-0.25, -0.2) is 0 Å². The van der Waals surface area contributed by atoms with Gasteiger partial charge in [0.1, 0.15) is 11.3 Å². The van der Waals surface area contributed by atoms with Crippen LogP contribution >= 0.6 is 35.4 Å². The Kier molecular flexibility index (Phi) is 4.21. The van der Waals surface area contributed by atoms with E-state index in [0.717, 1.165) is 0 Å². The molecule has 8 heteroatoms. The molecule has 1 aliphatic rings. The van der Waals surface area contributed by atoms with Gasteiger partial charge in [0.25, 0.3) is 11.8 Å². The molecule has 2 N–H and O–H groups in total. The van der Waals surface area contributed by atoms with Crippen LogP contribution < -0.4 is 10.6 Å². The quantitative estimate of drug-likeness (QED) is 0.486. The van der Waals surface area contributed by atoms with Crippen LogP contribution in [-0.4, -0.2) is 16.9 Å². The molecule has 2 heterocycles. The standard InChI is InChI=1S/C15H8Cl2N2O3S/c16-9-3-8(4-10(17)5-9)12-2-7(6-22-12)1-11-13(20)18-15(23)19-14(11)21/h1-6H,(H2,18,19,20,21,23). The van der Waals surface area contributed by atoms with Crippen molar-refractivity contribution >= 4 is 58.4 Å². The minimum Gasteiger partial charge on any atom is -0.464 e. The predicted octanol–water partition coefficient (Wildman–Crippen LogP) is 3.17. The van der Waals surface area contributed by atoms with Gasteiger partial charge in [0.05, 0.1) is 6.26 Å². The molecule has 0 radical (unpaired) electrons. The van der Waals surface area contributed by atoms with Crippen LogP contribution in [0.3, 0.4) is 0 Å². The molecule has 5 nitrogen and oxygen atoms in total. The van der Waals surface area contributed by atoms with Crippen molar-refractivity contribution in [3.63, 3.8) is 0 Å². The second-order valence-electron chi connectivity index (χ2n) is 4.70. The van der Waals surface area contributed by atoms with Crippen LogP contribution in [0.1, 0.15) is 5.56 Å². The summed E-state index contributed by atoms with van der Waals surface area (Å²) >= 11 is 16.7. The van der Waals surface area contributed by atoms with Crippen LogP contribution in [0.2, 0.25) is 10.0 Å². The predicted molar refractivity (Wildman–Crippen MR) is 91.0 cm³/mol. The number of hydrogen-bond acceptors (Lipinski definition) is 4. The molecule has 2 amide bonds. The Labute approximate surface area is 146 Å². The number of thiocarbonyl (C=S) groups is 1. The highest BCUT2D eigenvalue weighted by atomic mass is 35.5. The van der Waals surface area contributed by atoms with E-state index in [9.17, 15) is 9.59 Å². The first-order valence-corrected chi connectivity index (χ1v) is 7.52. The van der Waals surface area contributed by atoms with Gasteiger partial charge in [-0.2, -0.15) is 0 Å². The zero-order valence-corrected chi connectivity index (χ0v) is 13.7. The van der Waals surface area contributed by atoms with Gasteiger partial charge in [0, 0.05) is 21.2 Å². The molecule has 3 rings (SSSR count). The van der Waals surface area contributed by atoms with Crippen LogP contribution in [-0.2, 0) is 9.59 Å². The van der Waals surface area contributed by atoms with Crippen molar-refractivity contribution in [2.75, 3.05) is 0 Å². The Morgan fingerprint density at radius 2 is 1.61 bits per heavy atom. The second kappa shape index (κ2) is 6.16. The van der Waals surface area contributed by atoms with Crippen LogP contribution in [0.4, 0.5) is 0 Å².